The van der Waals surface area contributed by atoms with E-state index in [0.29, 0.717) is 19.3 Å². The van der Waals surface area contributed by atoms with E-state index in [9.17, 15) is 14.4 Å². The molecule has 0 aliphatic carbocycles. The van der Waals surface area contributed by atoms with Gasteiger partial charge in [0.25, 0.3) is 0 Å². The molecule has 6 heteroatoms. The molecule has 0 amide bonds. The molecule has 62 heavy (non-hydrogen) atoms. The molecule has 0 radical (unpaired) electrons. The van der Waals surface area contributed by atoms with E-state index < -0.39 is 6.10 Å². The lowest BCUT2D eigenvalue weighted by Gasteiger charge is -2.18. The van der Waals surface area contributed by atoms with Crippen molar-refractivity contribution in [2.24, 2.45) is 0 Å². The Bertz CT molecular complexity index is 1130. The summed E-state index contributed by atoms with van der Waals surface area (Å²) in [7, 11) is 0. The van der Waals surface area contributed by atoms with Gasteiger partial charge in [-0.25, -0.2) is 0 Å². The van der Waals surface area contributed by atoms with Crippen molar-refractivity contribution in [2.75, 3.05) is 13.2 Å². The van der Waals surface area contributed by atoms with E-state index in [2.05, 4.69) is 81.5 Å². The maximum absolute atomic E-state index is 12.7. The van der Waals surface area contributed by atoms with Gasteiger partial charge in [0.15, 0.2) is 6.10 Å². The summed E-state index contributed by atoms with van der Waals surface area (Å²) >= 11 is 0. The lowest BCUT2D eigenvalue weighted by atomic mass is 10.1. The summed E-state index contributed by atoms with van der Waals surface area (Å²) < 4.78 is 16.7. The van der Waals surface area contributed by atoms with Crippen molar-refractivity contribution in [2.45, 2.75) is 264 Å². The fourth-order valence-electron chi connectivity index (χ4n) is 7.31. The molecular weight excluding hydrogens is 769 g/mol. The normalized spacial score (nSPS) is 12.5. The molecule has 6 nitrogen and oxygen atoms in total. The first kappa shape index (κ1) is 59.1. The fraction of sp³-hybridized carbons (Fsp3) is 0.768. The molecule has 0 aromatic rings. The molecule has 0 fully saturated rings. The van der Waals surface area contributed by atoms with Gasteiger partial charge in [0.1, 0.15) is 13.2 Å². The molecule has 0 N–H and O–H groups in total. The Hall–Kier alpha value is -2.89. The van der Waals surface area contributed by atoms with E-state index in [-0.39, 0.29) is 31.1 Å². The quantitative estimate of drug-likeness (QED) is 0.0262. The summed E-state index contributed by atoms with van der Waals surface area (Å²) in [6.45, 7) is 6.46. The van der Waals surface area contributed by atoms with Gasteiger partial charge in [0, 0.05) is 19.3 Å². The van der Waals surface area contributed by atoms with Gasteiger partial charge in [0.2, 0.25) is 0 Å². The van der Waals surface area contributed by atoms with Gasteiger partial charge in [-0.1, -0.05) is 216 Å². The number of unbranched alkanes of at least 4 members (excludes halogenated alkanes) is 26. The van der Waals surface area contributed by atoms with Crippen molar-refractivity contribution in [1.29, 1.82) is 0 Å². The van der Waals surface area contributed by atoms with Crippen molar-refractivity contribution in [3.8, 4) is 0 Å². The average Bonchev–Trinajstić information content (AvgIpc) is 3.27. The zero-order valence-corrected chi connectivity index (χ0v) is 40.9. The topological polar surface area (TPSA) is 78.9 Å². The van der Waals surface area contributed by atoms with Crippen LogP contribution in [0.3, 0.4) is 0 Å². The highest BCUT2D eigenvalue weighted by molar-refractivity contribution is 5.71. The van der Waals surface area contributed by atoms with Crippen LogP contribution in [0.4, 0.5) is 0 Å². The summed E-state index contributed by atoms with van der Waals surface area (Å²) in [5.74, 6) is -0.896. The van der Waals surface area contributed by atoms with E-state index in [1.807, 2.05) is 0 Å². The molecule has 0 aliphatic rings. The van der Waals surface area contributed by atoms with E-state index >= 15 is 0 Å². The van der Waals surface area contributed by atoms with Crippen LogP contribution in [0, 0.1) is 0 Å². The Labute approximate surface area is 383 Å². The number of ether oxygens (including phenoxy) is 3. The van der Waals surface area contributed by atoms with E-state index in [4.69, 9.17) is 14.2 Å². The molecule has 0 rings (SSSR count). The molecule has 0 saturated carbocycles. The Kier molecular flexibility index (Phi) is 48.4. The molecule has 0 aromatic carbocycles. The molecular formula is C56H98O6. The van der Waals surface area contributed by atoms with Gasteiger partial charge in [-0.05, 0) is 83.5 Å². The highest BCUT2D eigenvalue weighted by Crippen LogP contribution is 2.15. The van der Waals surface area contributed by atoms with Gasteiger partial charge >= 0.3 is 17.9 Å². The van der Waals surface area contributed by atoms with Crippen LogP contribution < -0.4 is 0 Å². The first-order chi connectivity index (χ1) is 30.5. The first-order valence-corrected chi connectivity index (χ1v) is 26.3. The van der Waals surface area contributed by atoms with Crippen molar-refractivity contribution in [3.05, 3.63) is 60.8 Å². The van der Waals surface area contributed by atoms with E-state index in [1.165, 1.54) is 122 Å². The Morgan fingerprint density at radius 1 is 0.339 bits per heavy atom. The molecule has 0 aromatic heterocycles. The second-order valence-corrected chi connectivity index (χ2v) is 17.4. The van der Waals surface area contributed by atoms with E-state index in [1.54, 1.807) is 0 Å². The molecule has 0 aliphatic heterocycles. The third-order valence-corrected chi connectivity index (χ3v) is 11.3. The minimum absolute atomic E-state index is 0.0780. The van der Waals surface area contributed by atoms with Crippen LogP contribution in [-0.4, -0.2) is 37.2 Å². The van der Waals surface area contributed by atoms with Gasteiger partial charge < -0.3 is 14.2 Å². The largest absolute Gasteiger partial charge is 0.462 e. The van der Waals surface area contributed by atoms with Crippen LogP contribution >= 0.6 is 0 Å². The van der Waals surface area contributed by atoms with Gasteiger partial charge in [0.05, 0.1) is 0 Å². The summed E-state index contributed by atoms with van der Waals surface area (Å²) in [4.78, 5) is 37.7. The second-order valence-electron chi connectivity index (χ2n) is 17.4. The number of carbonyl (C=O) groups is 3. The summed E-state index contributed by atoms with van der Waals surface area (Å²) in [6, 6.07) is 0. The minimum Gasteiger partial charge on any atom is -0.462 e. The van der Waals surface area contributed by atoms with Crippen LogP contribution in [0.25, 0.3) is 0 Å². The second kappa shape index (κ2) is 50.8. The zero-order chi connectivity index (χ0) is 45.1. The molecule has 0 saturated heterocycles. The maximum Gasteiger partial charge on any atom is 0.306 e. The third kappa shape index (κ3) is 48.1. The van der Waals surface area contributed by atoms with Crippen molar-refractivity contribution in [3.63, 3.8) is 0 Å². The summed E-state index contributed by atoms with van der Waals surface area (Å²) in [5, 5.41) is 0. The van der Waals surface area contributed by atoms with Crippen molar-refractivity contribution >= 4 is 17.9 Å². The first-order valence-electron chi connectivity index (χ1n) is 26.3. The van der Waals surface area contributed by atoms with Gasteiger partial charge in [-0.15, -0.1) is 0 Å². The van der Waals surface area contributed by atoms with Crippen LogP contribution in [-0.2, 0) is 28.6 Å². The number of esters is 3. The molecule has 1 atom stereocenters. The molecule has 1 unspecified atom stereocenters. The monoisotopic (exact) mass is 867 g/mol. The number of allylic oxidation sites excluding steroid dienone is 10. The minimum atomic E-state index is -0.775. The molecule has 0 bridgehead atoms. The van der Waals surface area contributed by atoms with Crippen LogP contribution in [0.2, 0.25) is 0 Å². The lowest BCUT2D eigenvalue weighted by Crippen LogP contribution is -2.30. The molecule has 358 valence electrons. The number of hydrogen-bond acceptors (Lipinski definition) is 6. The predicted octanol–water partition coefficient (Wildman–Crippen LogP) is 17.3. The van der Waals surface area contributed by atoms with E-state index in [0.717, 1.165) is 96.3 Å². The highest BCUT2D eigenvalue weighted by atomic mass is 16.6. The Morgan fingerprint density at radius 3 is 1.00 bits per heavy atom. The molecule has 0 heterocycles. The summed E-state index contributed by atoms with van der Waals surface area (Å²) in [5.41, 5.74) is 0. The Balaban J connectivity index is 4.17. The number of rotatable bonds is 47. The third-order valence-electron chi connectivity index (χ3n) is 11.3. The average molecular weight is 867 g/mol. The smallest absolute Gasteiger partial charge is 0.306 e. The fourth-order valence-corrected chi connectivity index (χ4v) is 7.31. The Morgan fingerprint density at radius 2 is 0.629 bits per heavy atom. The van der Waals surface area contributed by atoms with Crippen LogP contribution in [0.15, 0.2) is 60.8 Å². The van der Waals surface area contributed by atoms with Crippen molar-refractivity contribution in [1.82, 2.24) is 0 Å². The summed E-state index contributed by atoms with van der Waals surface area (Å²) in [6.07, 6.45) is 62.3. The van der Waals surface area contributed by atoms with Gasteiger partial charge in [-0.3, -0.25) is 14.4 Å². The SMILES string of the molecule is CC/C=C\C/C=C\C/C=C\C/C=C\CCCCCCCCCCCCC(=O)OCC(COC(=O)CCCCCCCC)OC(=O)CCCCCCC/C=C\CCCCCCCC. The van der Waals surface area contributed by atoms with Crippen LogP contribution in [0.5, 0.6) is 0 Å². The van der Waals surface area contributed by atoms with Crippen LogP contribution in [0.1, 0.15) is 258 Å². The lowest BCUT2D eigenvalue weighted by molar-refractivity contribution is -0.167. The van der Waals surface area contributed by atoms with Crippen molar-refractivity contribution < 1.29 is 28.6 Å². The highest BCUT2D eigenvalue weighted by Gasteiger charge is 2.19. The standard InChI is InChI=1S/C56H98O6/c1-4-7-10-13-16-18-20-22-24-25-26-27-28-29-30-31-33-34-36-38-40-43-46-49-55(58)61-52-53(51-60-54(57)48-45-42-15-12-9-6-3)62-56(59)50-47-44-41-39-37-35-32-23-21-19-17-14-11-8-5-2/h7,10,16,18,22-24,26-27,32,53H,4-6,8-9,11-15,17,19-21,25,28-31,33-52H2,1-3H3/b10-7-,18-16-,24-22-,27-26-,32-23-. The predicted molar refractivity (Wildman–Crippen MR) is 265 cm³/mol. The maximum atomic E-state index is 12.7. The molecule has 0 spiro atoms. The number of hydrogen-bond donors (Lipinski definition) is 0. The zero-order valence-electron chi connectivity index (χ0n) is 40.9. The number of carbonyl (C=O) groups excluding carboxylic acids is 3. The van der Waals surface area contributed by atoms with Gasteiger partial charge in [-0.2, -0.15) is 0 Å².